The minimum absolute atomic E-state index is 0.0748. The van der Waals surface area contributed by atoms with E-state index in [1.807, 2.05) is 4.90 Å². The molecule has 1 amide bonds. The highest BCUT2D eigenvalue weighted by Crippen LogP contribution is 2.14. The molecule has 2 rings (SSSR count). The third-order valence-electron chi connectivity index (χ3n) is 3.68. The molecule has 1 heterocycles. The molecule has 1 aliphatic rings. The van der Waals surface area contributed by atoms with Crippen LogP contribution in [0.2, 0.25) is 0 Å². The number of nitrogens with one attached hydrogen (secondary N) is 1. The van der Waals surface area contributed by atoms with Crippen LogP contribution in [0.4, 0.5) is 0 Å². The van der Waals surface area contributed by atoms with Gasteiger partial charge in [-0.3, -0.25) is 9.59 Å². The maximum atomic E-state index is 12.0. The Morgan fingerprint density at radius 2 is 1.81 bits per heavy atom. The van der Waals surface area contributed by atoms with Crippen LogP contribution in [0.25, 0.3) is 0 Å². The summed E-state index contributed by atoms with van der Waals surface area (Å²) in [6, 6.07) is 7.08. The van der Waals surface area contributed by atoms with Crippen molar-refractivity contribution in [2.24, 2.45) is 0 Å². The van der Waals surface area contributed by atoms with Crippen LogP contribution in [-0.2, 0) is 4.79 Å². The summed E-state index contributed by atoms with van der Waals surface area (Å²) in [4.78, 5) is 25.9. The lowest BCUT2D eigenvalue weighted by atomic mass is 10.0. The molecule has 1 aromatic rings. The number of hydrogen-bond acceptors (Lipinski definition) is 4. The van der Waals surface area contributed by atoms with Gasteiger partial charge in [0.15, 0.2) is 5.78 Å². The Bertz CT molecular complexity index is 479. The van der Waals surface area contributed by atoms with E-state index in [1.54, 1.807) is 31.4 Å². The number of carbonyl (C=O) groups is 2. The zero-order valence-electron chi connectivity index (χ0n) is 12.4. The molecule has 0 atom stereocenters. The first-order valence-corrected chi connectivity index (χ1v) is 7.36. The van der Waals surface area contributed by atoms with E-state index in [4.69, 9.17) is 4.74 Å². The number of carbonyl (C=O) groups excluding carboxylic acids is 2. The molecule has 21 heavy (non-hydrogen) atoms. The van der Waals surface area contributed by atoms with Crippen LogP contribution in [0.1, 0.15) is 29.6 Å². The molecule has 0 aliphatic carbocycles. The molecular weight excluding hydrogens is 268 g/mol. The maximum Gasteiger partial charge on any atom is 0.222 e. The third-order valence-corrected chi connectivity index (χ3v) is 3.68. The highest BCUT2D eigenvalue weighted by atomic mass is 16.5. The van der Waals surface area contributed by atoms with Crippen LogP contribution in [0.15, 0.2) is 24.3 Å². The fourth-order valence-corrected chi connectivity index (χ4v) is 2.39. The first-order chi connectivity index (χ1) is 10.2. The highest BCUT2D eigenvalue weighted by Gasteiger charge is 2.16. The Labute approximate surface area is 125 Å². The van der Waals surface area contributed by atoms with Crippen molar-refractivity contribution in [3.63, 3.8) is 0 Å². The quantitative estimate of drug-likeness (QED) is 0.806. The van der Waals surface area contributed by atoms with Gasteiger partial charge in [-0.05, 0) is 30.7 Å². The standard InChI is InChI=1S/C16H22N2O3/c1-21-14-7-5-13(6-8-14)15(19)3-2-4-16(20)18-11-9-17-10-12-18/h5-8,17H,2-4,9-12H2,1H3. The van der Waals surface area contributed by atoms with Crippen molar-refractivity contribution in [1.29, 1.82) is 0 Å². The number of piperazine rings is 1. The van der Waals surface area contributed by atoms with E-state index in [2.05, 4.69) is 5.32 Å². The summed E-state index contributed by atoms with van der Waals surface area (Å²) in [5.74, 6) is 0.963. The van der Waals surface area contributed by atoms with E-state index in [1.165, 1.54) is 0 Å². The molecule has 1 fully saturated rings. The zero-order chi connectivity index (χ0) is 15.1. The lowest BCUT2D eigenvalue weighted by Crippen LogP contribution is -2.46. The third kappa shape index (κ3) is 4.56. The van der Waals surface area contributed by atoms with Crippen molar-refractivity contribution < 1.29 is 14.3 Å². The number of benzene rings is 1. The van der Waals surface area contributed by atoms with Gasteiger partial charge in [0.05, 0.1) is 7.11 Å². The van der Waals surface area contributed by atoms with E-state index in [9.17, 15) is 9.59 Å². The highest BCUT2D eigenvalue weighted by molar-refractivity contribution is 5.96. The molecule has 1 saturated heterocycles. The Hall–Kier alpha value is -1.88. The monoisotopic (exact) mass is 290 g/mol. The van der Waals surface area contributed by atoms with Gasteiger partial charge in [0.2, 0.25) is 5.91 Å². The number of amides is 1. The first-order valence-electron chi connectivity index (χ1n) is 7.36. The van der Waals surface area contributed by atoms with Crippen molar-refractivity contribution in [3.05, 3.63) is 29.8 Å². The fourth-order valence-electron chi connectivity index (χ4n) is 2.39. The van der Waals surface area contributed by atoms with Crippen molar-refractivity contribution in [2.45, 2.75) is 19.3 Å². The second-order valence-electron chi connectivity index (χ2n) is 5.14. The number of ketones is 1. The van der Waals surface area contributed by atoms with Gasteiger partial charge in [-0.1, -0.05) is 0 Å². The fraction of sp³-hybridized carbons (Fsp3) is 0.500. The lowest BCUT2D eigenvalue weighted by Gasteiger charge is -2.27. The van der Waals surface area contributed by atoms with Gasteiger partial charge in [-0.2, -0.15) is 0 Å². The molecular formula is C16H22N2O3. The van der Waals surface area contributed by atoms with Gasteiger partial charge >= 0.3 is 0 Å². The first kappa shape index (κ1) is 15.5. The average molecular weight is 290 g/mol. The van der Waals surface area contributed by atoms with Gasteiger partial charge in [-0.15, -0.1) is 0 Å². The van der Waals surface area contributed by atoms with Crippen LogP contribution in [0.5, 0.6) is 5.75 Å². The lowest BCUT2D eigenvalue weighted by molar-refractivity contribution is -0.131. The summed E-state index contributed by atoms with van der Waals surface area (Å²) in [6.07, 6.45) is 1.46. The summed E-state index contributed by atoms with van der Waals surface area (Å²) < 4.78 is 5.06. The van der Waals surface area contributed by atoms with Crippen molar-refractivity contribution in [1.82, 2.24) is 10.2 Å². The Morgan fingerprint density at radius 1 is 1.14 bits per heavy atom. The normalized spacial score (nSPS) is 14.8. The molecule has 1 aliphatic heterocycles. The molecule has 5 nitrogen and oxygen atoms in total. The Kier molecular flexibility index (Phi) is 5.75. The Morgan fingerprint density at radius 3 is 2.43 bits per heavy atom. The van der Waals surface area contributed by atoms with E-state index in [0.29, 0.717) is 24.8 Å². The van der Waals surface area contributed by atoms with Gasteiger partial charge in [0, 0.05) is 44.6 Å². The van der Waals surface area contributed by atoms with Crippen LogP contribution in [0, 0.1) is 0 Å². The van der Waals surface area contributed by atoms with Crippen molar-refractivity contribution >= 4 is 11.7 Å². The van der Waals surface area contributed by atoms with Crippen LogP contribution < -0.4 is 10.1 Å². The largest absolute Gasteiger partial charge is 0.497 e. The number of nitrogens with zero attached hydrogens (tertiary/aromatic N) is 1. The topological polar surface area (TPSA) is 58.6 Å². The SMILES string of the molecule is COc1ccc(C(=O)CCCC(=O)N2CCNCC2)cc1. The van der Waals surface area contributed by atoms with Gasteiger partial charge in [-0.25, -0.2) is 0 Å². The van der Waals surface area contributed by atoms with E-state index < -0.39 is 0 Å². The van der Waals surface area contributed by atoms with Gasteiger partial charge < -0.3 is 15.0 Å². The molecule has 0 bridgehead atoms. The molecule has 1 N–H and O–H groups in total. The van der Waals surface area contributed by atoms with Crippen molar-refractivity contribution in [2.75, 3.05) is 33.3 Å². The summed E-state index contributed by atoms with van der Waals surface area (Å²) in [6.45, 7) is 3.25. The van der Waals surface area contributed by atoms with Gasteiger partial charge in [0.25, 0.3) is 0 Å². The second kappa shape index (κ2) is 7.78. The number of ether oxygens (including phenoxy) is 1. The summed E-state index contributed by atoms with van der Waals surface area (Å²) in [5.41, 5.74) is 0.672. The molecule has 0 spiro atoms. The number of Topliss-reactive ketones (excluding diaryl/α,β-unsaturated/α-hetero) is 1. The number of hydrogen-bond donors (Lipinski definition) is 1. The molecule has 114 valence electrons. The van der Waals surface area contributed by atoms with Crippen LogP contribution in [0.3, 0.4) is 0 Å². The predicted molar refractivity (Wildman–Crippen MR) is 80.6 cm³/mol. The molecule has 0 radical (unpaired) electrons. The summed E-state index contributed by atoms with van der Waals surface area (Å²) >= 11 is 0. The van der Waals surface area contributed by atoms with Crippen molar-refractivity contribution in [3.8, 4) is 5.75 Å². The van der Waals surface area contributed by atoms with E-state index in [0.717, 1.165) is 31.9 Å². The molecule has 0 aromatic heterocycles. The van der Waals surface area contributed by atoms with Gasteiger partial charge in [0.1, 0.15) is 5.75 Å². The molecule has 1 aromatic carbocycles. The van der Waals surface area contributed by atoms with Crippen LogP contribution >= 0.6 is 0 Å². The Balaban J connectivity index is 1.74. The zero-order valence-corrected chi connectivity index (χ0v) is 12.4. The average Bonchev–Trinajstić information content (AvgIpc) is 2.55. The molecule has 0 unspecified atom stereocenters. The molecule has 0 saturated carbocycles. The molecule has 5 heteroatoms. The maximum absolute atomic E-state index is 12.0. The number of rotatable bonds is 6. The predicted octanol–water partition coefficient (Wildman–Crippen LogP) is 1.48. The smallest absolute Gasteiger partial charge is 0.222 e. The minimum Gasteiger partial charge on any atom is -0.497 e. The van der Waals surface area contributed by atoms with E-state index >= 15 is 0 Å². The number of methoxy groups -OCH3 is 1. The van der Waals surface area contributed by atoms with Crippen LogP contribution in [-0.4, -0.2) is 49.9 Å². The summed E-state index contributed by atoms with van der Waals surface area (Å²) in [7, 11) is 1.60. The second-order valence-corrected chi connectivity index (χ2v) is 5.14. The van der Waals surface area contributed by atoms with E-state index in [-0.39, 0.29) is 11.7 Å². The summed E-state index contributed by atoms with van der Waals surface area (Å²) in [5, 5.41) is 3.22. The minimum atomic E-state index is 0.0748.